The Bertz CT molecular complexity index is 596. The molecule has 4 atom stereocenters. The number of halogens is 3. The number of amides is 2. The molecule has 3 N–H and O–H groups in total. The van der Waals surface area contributed by atoms with Crippen LogP contribution in [-0.4, -0.2) is 23.8 Å². The van der Waals surface area contributed by atoms with Crippen molar-refractivity contribution < 1.29 is 23.1 Å². The van der Waals surface area contributed by atoms with E-state index in [1.54, 1.807) is 0 Å². The molecule has 120 valence electrons. The molecule has 0 aromatic heterocycles. The highest BCUT2D eigenvalue weighted by Crippen LogP contribution is 2.48. The van der Waals surface area contributed by atoms with Gasteiger partial charge in [0.25, 0.3) is 0 Å². The zero-order valence-corrected chi connectivity index (χ0v) is 11.8. The minimum Gasteiger partial charge on any atom is -0.396 e. The van der Waals surface area contributed by atoms with Crippen molar-refractivity contribution in [2.75, 3.05) is 11.9 Å². The van der Waals surface area contributed by atoms with E-state index in [0.29, 0.717) is 24.0 Å². The Kier molecular flexibility index (Phi) is 3.99. The van der Waals surface area contributed by atoms with Gasteiger partial charge in [-0.3, -0.25) is 0 Å². The molecule has 0 saturated heterocycles. The molecule has 3 rings (SSSR count). The van der Waals surface area contributed by atoms with Crippen LogP contribution in [-0.2, 0) is 0 Å². The molecule has 0 radical (unpaired) electrons. The monoisotopic (exact) mass is 314 g/mol. The molecule has 1 aromatic carbocycles. The largest absolute Gasteiger partial charge is 0.396 e. The Balaban J connectivity index is 1.67. The number of aliphatic hydroxyl groups excluding tert-OH is 1. The fourth-order valence-corrected chi connectivity index (χ4v) is 3.83. The first-order valence-corrected chi connectivity index (χ1v) is 7.32. The van der Waals surface area contributed by atoms with Gasteiger partial charge in [0.1, 0.15) is 5.82 Å². The summed E-state index contributed by atoms with van der Waals surface area (Å²) in [6, 6.07) is 0.145. The number of hydrogen-bond acceptors (Lipinski definition) is 2. The molecule has 4 nitrogen and oxygen atoms in total. The summed E-state index contributed by atoms with van der Waals surface area (Å²) in [7, 11) is 0. The molecular weight excluding hydrogens is 297 g/mol. The lowest BCUT2D eigenvalue weighted by molar-refractivity contribution is 0.146. The molecule has 7 heteroatoms. The molecule has 0 aliphatic heterocycles. The highest BCUT2D eigenvalue weighted by atomic mass is 19.2. The lowest BCUT2D eigenvalue weighted by Crippen LogP contribution is -2.46. The molecule has 0 heterocycles. The van der Waals surface area contributed by atoms with Crippen molar-refractivity contribution in [1.82, 2.24) is 5.32 Å². The maximum Gasteiger partial charge on any atom is 0.319 e. The zero-order chi connectivity index (χ0) is 15.9. The highest BCUT2D eigenvalue weighted by Gasteiger charge is 2.47. The van der Waals surface area contributed by atoms with Crippen molar-refractivity contribution in [3.8, 4) is 0 Å². The lowest BCUT2D eigenvalue weighted by Gasteiger charge is -2.30. The summed E-state index contributed by atoms with van der Waals surface area (Å²) < 4.78 is 39.5. The van der Waals surface area contributed by atoms with E-state index in [1.165, 1.54) is 0 Å². The molecule has 1 aromatic rings. The smallest absolute Gasteiger partial charge is 0.319 e. The number of carbonyl (C=O) groups excluding carboxylic acids is 1. The average Bonchev–Trinajstić information content (AvgIpc) is 3.05. The van der Waals surface area contributed by atoms with Gasteiger partial charge in [-0.15, -0.1) is 0 Å². The van der Waals surface area contributed by atoms with Crippen LogP contribution in [0.4, 0.5) is 23.7 Å². The minimum atomic E-state index is -1.31. The first-order chi connectivity index (χ1) is 10.5. The number of rotatable bonds is 3. The van der Waals surface area contributed by atoms with Crippen molar-refractivity contribution >= 4 is 11.7 Å². The molecule has 2 aliphatic carbocycles. The Hall–Kier alpha value is -1.76. The van der Waals surface area contributed by atoms with E-state index in [9.17, 15) is 23.1 Å². The van der Waals surface area contributed by atoms with Crippen molar-refractivity contribution in [2.45, 2.75) is 25.3 Å². The van der Waals surface area contributed by atoms with Crippen LogP contribution >= 0.6 is 0 Å². The normalized spacial score (nSPS) is 29.6. The summed E-state index contributed by atoms with van der Waals surface area (Å²) in [6.07, 6.45) is 3.01. The second-order valence-electron chi connectivity index (χ2n) is 6.05. The number of anilines is 1. The van der Waals surface area contributed by atoms with Crippen LogP contribution in [0, 0.1) is 35.2 Å². The first kappa shape index (κ1) is 15.1. The van der Waals surface area contributed by atoms with Crippen LogP contribution in [0.3, 0.4) is 0 Å². The Labute approximate surface area is 125 Å². The Morgan fingerprint density at radius 3 is 2.55 bits per heavy atom. The number of benzene rings is 1. The maximum atomic E-state index is 13.5. The van der Waals surface area contributed by atoms with Crippen LogP contribution in [0.5, 0.6) is 0 Å². The van der Waals surface area contributed by atoms with Crippen LogP contribution < -0.4 is 10.6 Å². The van der Waals surface area contributed by atoms with Crippen LogP contribution in [0.2, 0.25) is 0 Å². The summed E-state index contributed by atoms with van der Waals surface area (Å²) in [5.41, 5.74) is -0.417. The van der Waals surface area contributed by atoms with Gasteiger partial charge in [0.2, 0.25) is 0 Å². The molecular formula is C15H17F3N2O2. The Morgan fingerprint density at radius 1 is 1.14 bits per heavy atom. The zero-order valence-electron chi connectivity index (χ0n) is 11.8. The van der Waals surface area contributed by atoms with Crippen molar-refractivity contribution in [1.29, 1.82) is 0 Å². The summed E-state index contributed by atoms with van der Waals surface area (Å²) in [4.78, 5) is 12.0. The summed E-state index contributed by atoms with van der Waals surface area (Å²) in [5, 5.41) is 14.4. The van der Waals surface area contributed by atoms with E-state index in [1.807, 2.05) is 0 Å². The van der Waals surface area contributed by atoms with Gasteiger partial charge in [0.15, 0.2) is 11.6 Å². The van der Waals surface area contributed by atoms with Crippen molar-refractivity contribution in [3.63, 3.8) is 0 Å². The van der Waals surface area contributed by atoms with Gasteiger partial charge in [0, 0.05) is 30.7 Å². The van der Waals surface area contributed by atoms with Crippen LogP contribution in [0.25, 0.3) is 0 Å². The van der Waals surface area contributed by atoms with Gasteiger partial charge in [-0.25, -0.2) is 18.0 Å². The number of nitrogens with one attached hydrogen (secondary N) is 2. The van der Waals surface area contributed by atoms with E-state index < -0.39 is 29.2 Å². The number of urea groups is 1. The van der Waals surface area contributed by atoms with Gasteiger partial charge >= 0.3 is 6.03 Å². The third kappa shape index (κ3) is 2.65. The third-order valence-corrected chi connectivity index (χ3v) is 4.86. The molecule has 0 spiro atoms. The van der Waals surface area contributed by atoms with Crippen LogP contribution in [0.1, 0.15) is 19.3 Å². The lowest BCUT2D eigenvalue weighted by atomic mass is 9.85. The van der Waals surface area contributed by atoms with Gasteiger partial charge in [0.05, 0.1) is 5.69 Å². The van der Waals surface area contributed by atoms with Gasteiger partial charge < -0.3 is 15.7 Å². The number of carbonyl (C=O) groups is 1. The molecule has 2 saturated carbocycles. The predicted octanol–water partition coefficient (Wildman–Crippen LogP) is 2.63. The van der Waals surface area contributed by atoms with E-state index in [0.717, 1.165) is 19.3 Å². The molecule has 2 bridgehead atoms. The second-order valence-corrected chi connectivity index (χ2v) is 6.05. The summed E-state index contributed by atoms with van der Waals surface area (Å²) in [5.74, 6) is -2.87. The van der Waals surface area contributed by atoms with Crippen molar-refractivity contribution in [3.05, 3.63) is 29.6 Å². The number of hydrogen-bond donors (Lipinski definition) is 3. The second kappa shape index (κ2) is 5.79. The third-order valence-electron chi connectivity index (χ3n) is 4.86. The number of fused-ring (bicyclic) bond motifs is 2. The topological polar surface area (TPSA) is 61.4 Å². The standard InChI is InChI=1S/C15H17F3N2O2/c16-10-4-12(18)13(5-11(10)17)19-15(22)20-14-8-2-1-7(3-8)9(14)6-21/h4-5,7-9,14,21H,1-3,6H2,(H2,19,20,22). The van der Waals surface area contributed by atoms with Gasteiger partial charge in [-0.05, 0) is 31.1 Å². The summed E-state index contributed by atoms with van der Waals surface area (Å²) in [6.45, 7) is -0.00828. The van der Waals surface area contributed by atoms with Crippen LogP contribution in [0.15, 0.2) is 12.1 Å². The maximum absolute atomic E-state index is 13.5. The first-order valence-electron chi connectivity index (χ1n) is 7.32. The van der Waals surface area contributed by atoms with Crippen molar-refractivity contribution in [2.24, 2.45) is 17.8 Å². The quantitative estimate of drug-likeness (QED) is 0.751. The summed E-state index contributed by atoms with van der Waals surface area (Å²) >= 11 is 0. The molecule has 2 aliphatic rings. The van der Waals surface area contributed by atoms with E-state index >= 15 is 0 Å². The van der Waals surface area contributed by atoms with E-state index in [2.05, 4.69) is 10.6 Å². The minimum absolute atomic E-state index is 0.000647. The average molecular weight is 314 g/mol. The van der Waals surface area contributed by atoms with Gasteiger partial charge in [-0.2, -0.15) is 0 Å². The number of aliphatic hydroxyl groups is 1. The molecule has 2 amide bonds. The SMILES string of the molecule is O=C(Nc1cc(F)c(F)cc1F)NC1C2CCC(C2)C1CO. The van der Waals surface area contributed by atoms with E-state index in [-0.39, 0.29) is 18.6 Å². The van der Waals surface area contributed by atoms with Gasteiger partial charge in [-0.1, -0.05) is 0 Å². The fraction of sp³-hybridized carbons (Fsp3) is 0.533. The molecule has 2 fully saturated rings. The fourth-order valence-electron chi connectivity index (χ4n) is 3.83. The molecule has 22 heavy (non-hydrogen) atoms. The predicted molar refractivity (Wildman–Crippen MR) is 73.7 cm³/mol. The van der Waals surface area contributed by atoms with E-state index in [4.69, 9.17) is 0 Å². The Morgan fingerprint density at radius 2 is 1.82 bits per heavy atom. The highest BCUT2D eigenvalue weighted by molar-refractivity contribution is 5.89. The molecule has 4 unspecified atom stereocenters.